The molecule has 2 amide bonds. The van der Waals surface area contributed by atoms with Gasteiger partial charge >= 0.3 is 6.03 Å². The number of nitro benzene ring substituents is 1. The molecule has 0 unspecified atom stereocenters. The van der Waals surface area contributed by atoms with Crippen LogP contribution in [0.1, 0.15) is 6.42 Å². The zero-order valence-corrected chi connectivity index (χ0v) is 12.3. The van der Waals surface area contributed by atoms with Gasteiger partial charge in [-0.1, -0.05) is 0 Å². The molecule has 2 rings (SSSR count). The van der Waals surface area contributed by atoms with Gasteiger partial charge in [0.15, 0.2) is 0 Å². The Morgan fingerprint density at radius 3 is 2.59 bits per heavy atom. The lowest BCUT2D eigenvalue weighted by molar-refractivity contribution is -0.908. The van der Waals surface area contributed by atoms with Crippen LogP contribution in [-0.2, 0) is 4.74 Å². The van der Waals surface area contributed by atoms with E-state index < -0.39 is 4.92 Å². The average molecular weight is 309 g/mol. The summed E-state index contributed by atoms with van der Waals surface area (Å²) >= 11 is 0. The predicted molar refractivity (Wildman–Crippen MR) is 81.1 cm³/mol. The predicted octanol–water partition coefficient (Wildman–Crippen LogP) is 0.0215. The Balaban J connectivity index is 1.63. The molecule has 0 spiro atoms. The second-order valence-electron chi connectivity index (χ2n) is 5.15. The van der Waals surface area contributed by atoms with Crippen molar-refractivity contribution in [2.75, 3.05) is 44.7 Å². The van der Waals surface area contributed by atoms with Crippen molar-refractivity contribution < 1.29 is 19.4 Å². The van der Waals surface area contributed by atoms with Gasteiger partial charge in [-0.2, -0.15) is 0 Å². The molecule has 22 heavy (non-hydrogen) atoms. The highest BCUT2D eigenvalue weighted by Crippen LogP contribution is 2.14. The van der Waals surface area contributed by atoms with Gasteiger partial charge in [-0.15, -0.1) is 0 Å². The van der Waals surface area contributed by atoms with Crippen molar-refractivity contribution in [3.8, 4) is 0 Å². The molecule has 1 aliphatic heterocycles. The quantitative estimate of drug-likeness (QED) is 0.392. The van der Waals surface area contributed by atoms with E-state index in [1.807, 2.05) is 0 Å². The van der Waals surface area contributed by atoms with Gasteiger partial charge in [0, 0.05) is 30.8 Å². The lowest BCUT2D eigenvalue weighted by Crippen LogP contribution is -3.14. The van der Waals surface area contributed by atoms with E-state index in [4.69, 9.17) is 4.74 Å². The SMILES string of the molecule is O=C(NCCC[NH+]1CCOCC1)Nc1ccc([N+](=O)[O-])cc1. The smallest absolute Gasteiger partial charge is 0.319 e. The van der Waals surface area contributed by atoms with Gasteiger partial charge in [-0.25, -0.2) is 4.79 Å². The van der Waals surface area contributed by atoms with Gasteiger partial charge in [-0.05, 0) is 12.1 Å². The number of morpholine rings is 1. The standard InChI is InChI=1S/C14H20N4O4/c19-14(15-6-1-7-17-8-10-22-11-9-17)16-12-2-4-13(5-3-12)18(20)21/h2-5H,1,6-11H2,(H2,15,16,19)/p+1. The van der Waals surface area contributed by atoms with Crippen molar-refractivity contribution >= 4 is 17.4 Å². The summed E-state index contributed by atoms with van der Waals surface area (Å²) in [6.45, 7) is 5.28. The molecule has 8 nitrogen and oxygen atoms in total. The largest absolute Gasteiger partial charge is 0.370 e. The van der Waals surface area contributed by atoms with E-state index in [9.17, 15) is 14.9 Å². The second-order valence-corrected chi connectivity index (χ2v) is 5.15. The van der Waals surface area contributed by atoms with Crippen LogP contribution in [0.2, 0.25) is 0 Å². The number of rotatable bonds is 6. The third kappa shape index (κ3) is 5.30. The van der Waals surface area contributed by atoms with Crippen LogP contribution < -0.4 is 15.5 Å². The van der Waals surface area contributed by atoms with E-state index >= 15 is 0 Å². The number of carbonyl (C=O) groups is 1. The molecule has 0 aromatic heterocycles. The van der Waals surface area contributed by atoms with Crippen molar-refractivity contribution in [3.63, 3.8) is 0 Å². The van der Waals surface area contributed by atoms with E-state index in [0.29, 0.717) is 12.2 Å². The Labute approximate surface area is 128 Å². The number of urea groups is 1. The average Bonchev–Trinajstić information content (AvgIpc) is 2.53. The number of amides is 2. The fraction of sp³-hybridized carbons (Fsp3) is 0.500. The summed E-state index contributed by atoms with van der Waals surface area (Å²) in [7, 11) is 0. The van der Waals surface area contributed by atoms with Gasteiger partial charge in [0.25, 0.3) is 5.69 Å². The number of nitrogens with zero attached hydrogens (tertiary/aromatic N) is 1. The highest BCUT2D eigenvalue weighted by molar-refractivity contribution is 5.89. The molecule has 0 radical (unpaired) electrons. The molecule has 1 fully saturated rings. The fourth-order valence-corrected chi connectivity index (χ4v) is 2.29. The van der Waals surface area contributed by atoms with Crippen LogP contribution in [0.3, 0.4) is 0 Å². The minimum absolute atomic E-state index is 0.000514. The molecule has 0 bridgehead atoms. The summed E-state index contributed by atoms with van der Waals surface area (Å²) in [5.74, 6) is 0. The number of hydrogen-bond acceptors (Lipinski definition) is 4. The third-order valence-corrected chi connectivity index (χ3v) is 3.53. The van der Waals surface area contributed by atoms with Crippen molar-refractivity contribution in [2.24, 2.45) is 0 Å². The number of non-ortho nitro benzene ring substituents is 1. The number of hydrogen-bond donors (Lipinski definition) is 3. The van der Waals surface area contributed by atoms with Crippen LogP contribution in [0.25, 0.3) is 0 Å². The summed E-state index contributed by atoms with van der Waals surface area (Å²) in [5.41, 5.74) is 0.529. The molecule has 1 aromatic carbocycles. The van der Waals surface area contributed by atoms with Crippen molar-refractivity contribution in [3.05, 3.63) is 34.4 Å². The maximum atomic E-state index is 11.7. The van der Waals surface area contributed by atoms with E-state index in [1.54, 1.807) is 0 Å². The van der Waals surface area contributed by atoms with Crippen molar-refractivity contribution in [1.82, 2.24) is 5.32 Å². The van der Waals surface area contributed by atoms with E-state index in [0.717, 1.165) is 39.3 Å². The molecule has 1 aliphatic rings. The Morgan fingerprint density at radius 2 is 1.95 bits per heavy atom. The molecule has 1 heterocycles. The number of nitro groups is 1. The summed E-state index contributed by atoms with van der Waals surface area (Å²) in [4.78, 5) is 23.3. The van der Waals surface area contributed by atoms with Crippen LogP contribution in [0, 0.1) is 10.1 Å². The fourth-order valence-electron chi connectivity index (χ4n) is 2.29. The van der Waals surface area contributed by atoms with Gasteiger partial charge in [0.1, 0.15) is 13.1 Å². The van der Waals surface area contributed by atoms with Gasteiger partial charge < -0.3 is 20.3 Å². The first-order valence-corrected chi connectivity index (χ1v) is 7.36. The molecule has 8 heteroatoms. The van der Waals surface area contributed by atoms with E-state index in [1.165, 1.54) is 29.2 Å². The van der Waals surface area contributed by atoms with Crippen LogP contribution in [0.5, 0.6) is 0 Å². The minimum Gasteiger partial charge on any atom is -0.370 e. The monoisotopic (exact) mass is 309 g/mol. The number of carbonyl (C=O) groups excluding carboxylic acids is 1. The summed E-state index contributed by atoms with van der Waals surface area (Å²) in [5, 5.41) is 16.0. The molecule has 0 saturated carbocycles. The molecule has 0 atom stereocenters. The summed E-state index contributed by atoms with van der Waals surface area (Å²) < 4.78 is 5.29. The zero-order valence-electron chi connectivity index (χ0n) is 12.3. The number of nitrogens with one attached hydrogen (secondary N) is 3. The first-order valence-electron chi connectivity index (χ1n) is 7.36. The van der Waals surface area contributed by atoms with Gasteiger partial charge in [-0.3, -0.25) is 10.1 Å². The molecule has 120 valence electrons. The van der Waals surface area contributed by atoms with Gasteiger partial charge in [0.05, 0.1) is 24.7 Å². The minimum atomic E-state index is -0.474. The first kappa shape index (κ1) is 16.2. The van der Waals surface area contributed by atoms with Crippen molar-refractivity contribution in [1.29, 1.82) is 0 Å². The number of ether oxygens (including phenoxy) is 1. The third-order valence-electron chi connectivity index (χ3n) is 3.53. The molecule has 1 aromatic rings. The second kappa shape index (κ2) is 8.30. The zero-order chi connectivity index (χ0) is 15.8. The van der Waals surface area contributed by atoms with E-state index in [2.05, 4.69) is 10.6 Å². The van der Waals surface area contributed by atoms with Gasteiger partial charge in [0.2, 0.25) is 0 Å². The molecule has 3 N–H and O–H groups in total. The lowest BCUT2D eigenvalue weighted by Gasteiger charge is -2.23. The highest BCUT2D eigenvalue weighted by atomic mass is 16.6. The van der Waals surface area contributed by atoms with Crippen LogP contribution in [-0.4, -0.2) is 50.3 Å². The van der Waals surface area contributed by atoms with Crippen LogP contribution in [0.15, 0.2) is 24.3 Å². The number of quaternary nitrogens is 1. The number of benzene rings is 1. The highest BCUT2D eigenvalue weighted by Gasteiger charge is 2.13. The summed E-state index contributed by atoms with van der Waals surface area (Å²) in [6, 6.07) is 5.44. The lowest BCUT2D eigenvalue weighted by atomic mass is 10.3. The summed E-state index contributed by atoms with van der Waals surface area (Å²) in [6.07, 6.45) is 0.906. The topological polar surface area (TPSA) is 97.9 Å². The molecule has 0 aliphatic carbocycles. The van der Waals surface area contributed by atoms with Crippen LogP contribution >= 0.6 is 0 Å². The Kier molecular flexibility index (Phi) is 6.11. The Bertz CT molecular complexity index is 500. The first-order chi connectivity index (χ1) is 10.6. The molecule has 1 saturated heterocycles. The number of anilines is 1. The normalized spacial score (nSPS) is 15.3. The Morgan fingerprint density at radius 1 is 1.27 bits per heavy atom. The van der Waals surface area contributed by atoms with Crippen LogP contribution in [0.4, 0.5) is 16.2 Å². The van der Waals surface area contributed by atoms with E-state index in [-0.39, 0.29) is 11.7 Å². The molecular weight excluding hydrogens is 288 g/mol. The maximum Gasteiger partial charge on any atom is 0.319 e. The molecular formula is C14H21N4O4+. The maximum absolute atomic E-state index is 11.7. The Hall–Kier alpha value is -2.19. The van der Waals surface area contributed by atoms with Crippen molar-refractivity contribution in [2.45, 2.75) is 6.42 Å².